The van der Waals surface area contributed by atoms with E-state index in [1.54, 1.807) is 0 Å². The van der Waals surface area contributed by atoms with Crippen LogP contribution in [0.1, 0.15) is 18.1 Å². The van der Waals surface area contributed by atoms with E-state index in [0.29, 0.717) is 5.56 Å². The third-order valence-electron chi connectivity index (χ3n) is 1.92. The first-order chi connectivity index (χ1) is 8.52. The molecule has 0 bridgehead atoms. The Balaban J connectivity index is 2.95. The molecule has 1 rings (SSSR count). The highest BCUT2D eigenvalue weighted by molar-refractivity contribution is 5.73. The Hall–Kier alpha value is -2.86. The van der Waals surface area contributed by atoms with Crippen molar-refractivity contribution < 1.29 is 9.72 Å². The number of hydrogen-bond acceptors (Lipinski definition) is 4. The van der Waals surface area contributed by atoms with Gasteiger partial charge in [-0.25, -0.2) is 0 Å². The lowest BCUT2D eigenvalue weighted by molar-refractivity contribution is -0.384. The molecular weight excluding hydrogens is 234 g/mol. The topological polar surface area (TPSA) is 96.0 Å². The van der Waals surface area contributed by atoms with E-state index in [9.17, 15) is 14.9 Å². The Morgan fingerprint density at radius 2 is 2.11 bits per heavy atom. The third-order valence-corrected chi connectivity index (χ3v) is 1.92. The molecule has 90 valence electrons. The Kier molecular flexibility index (Phi) is 4.42. The van der Waals surface area contributed by atoms with Gasteiger partial charge in [0.05, 0.1) is 23.1 Å². The zero-order valence-electron chi connectivity index (χ0n) is 9.56. The van der Waals surface area contributed by atoms with Crippen LogP contribution in [0.5, 0.6) is 0 Å². The SMILES string of the molecule is CC(=O)NCC#Cc1cc(C#N)cc([N+](=O)[O-])c1. The van der Waals surface area contributed by atoms with Crippen molar-refractivity contribution in [2.75, 3.05) is 6.54 Å². The van der Waals surface area contributed by atoms with Gasteiger partial charge < -0.3 is 5.32 Å². The summed E-state index contributed by atoms with van der Waals surface area (Å²) < 4.78 is 0. The Morgan fingerprint density at radius 1 is 1.44 bits per heavy atom. The van der Waals surface area contributed by atoms with Crippen LogP contribution in [0.2, 0.25) is 0 Å². The summed E-state index contributed by atoms with van der Waals surface area (Å²) in [4.78, 5) is 20.6. The summed E-state index contributed by atoms with van der Waals surface area (Å²) in [7, 11) is 0. The number of hydrogen-bond donors (Lipinski definition) is 1. The number of nitro benzene ring substituents is 1. The first-order valence-corrected chi connectivity index (χ1v) is 4.96. The van der Waals surface area contributed by atoms with E-state index in [4.69, 9.17) is 5.26 Å². The van der Waals surface area contributed by atoms with Gasteiger partial charge in [0.15, 0.2) is 0 Å². The number of rotatable bonds is 2. The van der Waals surface area contributed by atoms with Crippen molar-refractivity contribution in [2.45, 2.75) is 6.92 Å². The lowest BCUT2D eigenvalue weighted by Gasteiger charge is -1.95. The summed E-state index contributed by atoms with van der Waals surface area (Å²) in [6.07, 6.45) is 0. The maximum atomic E-state index is 10.6. The van der Waals surface area contributed by atoms with Crippen LogP contribution in [-0.4, -0.2) is 17.4 Å². The quantitative estimate of drug-likeness (QED) is 0.475. The molecule has 0 saturated heterocycles. The summed E-state index contributed by atoms with van der Waals surface area (Å²) in [5.41, 5.74) is 0.358. The van der Waals surface area contributed by atoms with Gasteiger partial charge in [0, 0.05) is 24.6 Å². The van der Waals surface area contributed by atoms with Crippen molar-refractivity contribution in [3.63, 3.8) is 0 Å². The molecule has 0 heterocycles. The van der Waals surface area contributed by atoms with Gasteiger partial charge in [0.1, 0.15) is 0 Å². The second-order valence-electron chi connectivity index (χ2n) is 3.35. The van der Waals surface area contributed by atoms with Crippen molar-refractivity contribution in [1.82, 2.24) is 5.32 Å². The van der Waals surface area contributed by atoms with Gasteiger partial charge in [0.2, 0.25) is 5.91 Å². The Labute approximate surface area is 103 Å². The molecule has 0 saturated carbocycles. The first kappa shape index (κ1) is 13.2. The molecule has 0 unspecified atom stereocenters. The van der Waals surface area contributed by atoms with Crippen LogP contribution < -0.4 is 5.32 Å². The number of amides is 1. The molecule has 0 fully saturated rings. The standard InChI is InChI=1S/C12H9N3O3/c1-9(16)14-4-2-3-10-5-11(8-13)7-12(6-10)15(17)18/h5-7H,4H2,1H3,(H,14,16). The number of nitrogens with zero attached hydrogens (tertiary/aromatic N) is 2. The van der Waals surface area contributed by atoms with E-state index in [-0.39, 0.29) is 23.7 Å². The van der Waals surface area contributed by atoms with Crippen LogP contribution in [0.15, 0.2) is 18.2 Å². The zero-order chi connectivity index (χ0) is 13.5. The van der Waals surface area contributed by atoms with Gasteiger partial charge in [-0.15, -0.1) is 0 Å². The smallest absolute Gasteiger partial charge is 0.271 e. The minimum absolute atomic E-state index is 0.153. The summed E-state index contributed by atoms with van der Waals surface area (Å²) >= 11 is 0. The summed E-state index contributed by atoms with van der Waals surface area (Å²) in [6.45, 7) is 1.52. The Bertz CT molecular complexity index is 591. The number of carbonyl (C=O) groups is 1. The number of non-ortho nitro benzene ring substituents is 1. The second kappa shape index (κ2) is 6.02. The summed E-state index contributed by atoms with van der Waals surface area (Å²) in [6, 6.07) is 5.74. The molecule has 0 radical (unpaired) electrons. The van der Waals surface area contributed by atoms with E-state index in [0.717, 1.165) is 0 Å². The minimum Gasteiger partial charge on any atom is -0.345 e. The summed E-state index contributed by atoms with van der Waals surface area (Å²) in [5, 5.41) is 21.8. The number of carbonyl (C=O) groups excluding carboxylic acids is 1. The Morgan fingerprint density at radius 3 is 2.67 bits per heavy atom. The van der Waals surface area contributed by atoms with Crippen molar-refractivity contribution in [3.05, 3.63) is 39.4 Å². The monoisotopic (exact) mass is 243 g/mol. The predicted molar refractivity (Wildman–Crippen MR) is 63.4 cm³/mol. The molecule has 6 nitrogen and oxygen atoms in total. The molecule has 0 atom stereocenters. The largest absolute Gasteiger partial charge is 0.345 e. The highest BCUT2D eigenvalue weighted by Gasteiger charge is 2.08. The molecule has 18 heavy (non-hydrogen) atoms. The number of benzene rings is 1. The van der Waals surface area contributed by atoms with Gasteiger partial charge >= 0.3 is 0 Å². The van der Waals surface area contributed by atoms with Gasteiger partial charge in [-0.1, -0.05) is 11.8 Å². The predicted octanol–water partition coefficient (Wildman–Crippen LogP) is 0.954. The van der Waals surface area contributed by atoms with Crippen LogP contribution in [0.4, 0.5) is 5.69 Å². The highest BCUT2D eigenvalue weighted by atomic mass is 16.6. The van der Waals surface area contributed by atoms with E-state index in [1.165, 1.54) is 25.1 Å². The van der Waals surface area contributed by atoms with Gasteiger partial charge in [-0.2, -0.15) is 5.26 Å². The van der Waals surface area contributed by atoms with Crippen molar-refractivity contribution in [1.29, 1.82) is 5.26 Å². The van der Waals surface area contributed by atoms with Gasteiger partial charge in [0.25, 0.3) is 5.69 Å². The van der Waals surface area contributed by atoms with Crippen LogP contribution in [0, 0.1) is 33.3 Å². The molecule has 0 aliphatic carbocycles. The molecule has 1 aromatic rings. The number of nitro groups is 1. The third kappa shape index (κ3) is 3.95. The molecule has 1 amide bonds. The fraction of sp³-hybridized carbons (Fsp3) is 0.167. The highest BCUT2D eigenvalue weighted by Crippen LogP contribution is 2.15. The second-order valence-corrected chi connectivity index (χ2v) is 3.35. The molecule has 0 spiro atoms. The molecular formula is C12H9N3O3. The van der Waals surface area contributed by atoms with Crippen LogP contribution in [0.25, 0.3) is 0 Å². The van der Waals surface area contributed by atoms with E-state index < -0.39 is 4.92 Å². The molecule has 6 heteroatoms. The molecule has 1 aromatic carbocycles. The van der Waals surface area contributed by atoms with Crippen LogP contribution >= 0.6 is 0 Å². The van der Waals surface area contributed by atoms with E-state index >= 15 is 0 Å². The maximum absolute atomic E-state index is 10.6. The number of nitriles is 1. The van der Waals surface area contributed by atoms with Gasteiger partial charge in [-0.3, -0.25) is 14.9 Å². The van der Waals surface area contributed by atoms with Crippen molar-refractivity contribution >= 4 is 11.6 Å². The fourth-order valence-corrected chi connectivity index (χ4v) is 1.17. The molecule has 0 aliphatic heterocycles. The minimum atomic E-state index is -0.583. The average Bonchev–Trinajstić information content (AvgIpc) is 2.34. The van der Waals surface area contributed by atoms with Crippen LogP contribution in [-0.2, 0) is 4.79 Å². The lowest BCUT2D eigenvalue weighted by Crippen LogP contribution is -2.19. The zero-order valence-corrected chi connectivity index (χ0v) is 9.56. The fourth-order valence-electron chi connectivity index (χ4n) is 1.17. The van der Waals surface area contributed by atoms with E-state index in [2.05, 4.69) is 17.2 Å². The maximum Gasteiger partial charge on any atom is 0.271 e. The molecule has 0 aliphatic rings. The summed E-state index contributed by atoms with van der Waals surface area (Å²) in [5.74, 6) is 5.08. The van der Waals surface area contributed by atoms with E-state index in [1.807, 2.05) is 6.07 Å². The first-order valence-electron chi connectivity index (χ1n) is 4.96. The van der Waals surface area contributed by atoms with Crippen LogP contribution in [0.3, 0.4) is 0 Å². The molecule has 0 aromatic heterocycles. The van der Waals surface area contributed by atoms with Crippen molar-refractivity contribution in [3.8, 4) is 17.9 Å². The van der Waals surface area contributed by atoms with Gasteiger partial charge in [-0.05, 0) is 6.07 Å². The molecule has 1 N–H and O–H groups in total. The normalized spacial score (nSPS) is 8.67. The van der Waals surface area contributed by atoms with Crippen molar-refractivity contribution in [2.24, 2.45) is 0 Å². The lowest BCUT2D eigenvalue weighted by atomic mass is 10.1. The average molecular weight is 243 g/mol. The number of nitrogens with one attached hydrogen (secondary N) is 1.